The van der Waals surface area contributed by atoms with Crippen LogP contribution < -0.4 is 14.2 Å². The highest BCUT2D eigenvalue weighted by molar-refractivity contribution is 5.81. The molecule has 3 aromatic rings. The van der Waals surface area contributed by atoms with Gasteiger partial charge in [-0.05, 0) is 81.6 Å². The summed E-state index contributed by atoms with van der Waals surface area (Å²) in [5.41, 5.74) is 2.06. The molecule has 0 bridgehead atoms. The molecular weight excluding hydrogens is 459 g/mol. The number of nitrogens with zero attached hydrogens (tertiary/aromatic N) is 3. The van der Waals surface area contributed by atoms with Gasteiger partial charge >= 0.3 is 0 Å². The number of methoxy groups -OCH3 is 3. The topological polar surface area (TPSA) is 83.4 Å². The standard InChI is InChI=1S/C28H35FN4O3/c1-5-28(18-30,20-15-24(34-2)27(36-4)25(16-20)35-3)11-6-12-33-13-9-19(10-14-33)26-22-8-7-21(29)17-23(22)31-32-26/h7-8,15-17,19H,5-6,9-14H2,1-4H3,(H,31,32). The van der Waals surface area contributed by atoms with Crippen LogP contribution in [0.5, 0.6) is 17.2 Å². The minimum absolute atomic E-state index is 0.262. The summed E-state index contributed by atoms with van der Waals surface area (Å²) in [4.78, 5) is 2.47. The van der Waals surface area contributed by atoms with E-state index in [1.165, 1.54) is 12.1 Å². The largest absolute Gasteiger partial charge is 0.493 e. The predicted octanol–water partition coefficient (Wildman–Crippen LogP) is 5.56. The van der Waals surface area contributed by atoms with Crippen LogP contribution in [0.25, 0.3) is 10.9 Å². The smallest absolute Gasteiger partial charge is 0.203 e. The number of nitrogens with one attached hydrogen (secondary N) is 1. The van der Waals surface area contributed by atoms with Crippen LogP contribution in [0.4, 0.5) is 4.39 Å². The first-order valence-corrected chi connectivity index (χ1v) is 12.6. The maximum atomic E-state index is 13.5. The van der Waals surface area contributed by atoms with Crippen molar-refractivity contribution < 1.29 is 18.6 Å². The second-order valence-electron chi connectivity index (χ2n) is 9.48. The maximum Gasteiger partial charge on any atom is 0.203 e. The van der Waals surface area contributed by atoms with Crippen LogP contribution in [-0.2, 0) is 5.41 Å². The Hall–Kier alpha value is -3.31. The molecule has 2 aromatic carbocycles. The van der Waals surface area contributed by atoms with Crippen molar-refractivity contribution in [3.8, 4) is 23.3 Å². The van der Waals surface area contributed by atoms with Crippen LogP contribution >= 0.6 is 0 Å². The van der Waals surface area contributed by atoms with E-state index in [1.54, 1.807) is 21.3 Å². The SMILES string of the molecule is CCC(C#N)(CCCN1CCC(c2[nH]nc3cc(F)ccc23)CC1)c1cc(OC)c(OC)c(OC)c1. The number of benzene rings is 2. The zero-order chi connectivity index (χ0) is 25.7. The van der Waals surface area contributed by atoms with Gasteiger partial charge < -0.3 is 19.1 Å². The number of piperidine rings is 1. The Morgan fingerprint density at radius 1 is 1.11 bits per heavy atom. The van der Waals surface area contributed by atoms with Gasteiger partial charge in [0.15, 0.2) is 11.5 Å². The number of rotatable bonds is 10. The molecule has 0 radical (unpaired) electrons. The van der Waals surface area contributed by atoms with Gasteiger partial charge in [-0.15, -0.1) is 0 Å². The number of ether oxygens (including phenoxy) is 3. The highest BCUT2D eigenvalue weighted by Crippen LogP contribution is 2.44. The van der Waals surface area contributed by atoms with Crippen molar-refractivity contribution in [1.82, 2.24) is 15.1 Å². The van der Waals surface area contributed by atoms with Crippen LogP contribution in [0.1, 0.15) is 56.2 Å². The number of aromatic amines is 1. The lowest BCUT2D eigenvalue weighted by molar-refractivity contribution is 0.203. The van der Waals surface area contributed by atoms with Gasteiger partial charge in [-0.3, -0.25) is 5.10 Å². The minimum Gasteiger partial charge on any atom is -0.493 e. The maximum absolute atomic E-state index is 13.5. The molecule has 0 saturated carbocycles. The highest BCUT2D eigenvalue weighted by atomic mass is 19.1. The van der Waals surface area contributed by atoms with E-state index in [2.05, 4.69) is 28.1 Å². The van der Waals surface area contributed by atoms with Crippen molar-refractivity contribution in [3.63, 3.8) is 0 Å². The molecule has 1 saturated heterocycles. The van der Waals surface area contributed by atoms with Crippen molar-refractivity contribution in [3.05, 3.63) is 47.4 Å². The zero-order valence-electron chi connectivity index (χ0n) is 21.6. The molecule has 8 heteroatoms. The molecule has 4 rings (SSSR count). The van der Waals surface area contributed by atoms with E-state index < -0.39 is 5.41 Å². The van der Waals surface area contributed by atoms with Crippen molar-refractivity contribution in [2.24, 2.45) is 0 Å². The molecule has 1 atom stereocenters. The van der Waals surface area contributed by atoms with Gasteiger partial charge in [0.25, 0.3) is 0 Å². The Labute approximate surface area is 212 Å². The Kier molecular flexibility index (Phi) is 8.00. The summed E-state index contributed by atoms with van der Waals surface area (Å²) in [6, 6.07) is 11.2. The van der Waals surface area contributed by atoms with E-state index in [0.29, 0.717) is 35.1 Å². The Morgan fingerprint density at radius 2 is 1.81 bits per heavy atom. The van der Waals surface area contributed by atoms with Crippen molar-refractivity contribution in [2.75, 3.05) is 41.0 Å². The molecule has 36 heavy (non-hydrogen) atoms. The first kappa shape index (κ1) is 25.8. The molecule has 2 heterocycles. The fourth-order valence-electron chi connectivity index (χ4n) is 5.45. The molecule has 1 aliphatic rings. The third-order valence-corrected chi connectivity index (χ3v) is 7.66. The summed E-state index contributed by atoms with van der Waals surface area (Å²) in [6.07, 6.45) is 4.40. The Morgan fingerprint density at radius 3 is 2.39 bits per heavy atom. The van der Waals surface area contributed by atoms with Gasteiger partial charge in [0.1, 0.15) is 5.82 Å². The number of aromatic nitrogens is 2. The predicted molar refractivity (Wildman–Crippen MR) is 137 cm³/mol. The Balaban J connectivity index is 1.39. The van der Waals surface area contributed by atoms with Crippen LogP contribution in [0.3, 0.4) is 0 Å². The Bertz CT molecular complexity index is 1200. The van der Waals surface area contributed by atoms with E-state index in [4.69, 9.17) is 14.2 Å². The number of likely N-dealkylation sites (tertiary alicyclic amines) is 1. The summed E-state index contributed by atoms with van der Waals surface area (Å²) in [7, 11) is 4.76. The third-order valence-electron chi connectivity index (χ3n) is 7.66. The van der Waals surface area contributed by atoms with Gasteiger partial charge in [-0.1, -0.05) is 6.92 Å². The van der Waals surface area contributed by atoms with Crippen molar-refractivity contribution >= 4 is 10.9 Å². The van der Waals surface area contributed by atoms with Gasteiger partial charge in [0.2, 0.25) is 5.75 Å². The molecule has 1 N–H and O–H groups in total. The summed E-state index contributed by atoms with van der Waals surface area (Å²) < 4.78 is 30.0. The average Bonchev–Trinajstić information content (AvgIpc) is 3.33. The van der Waals surface area contributed by atoms with Gasteiger partial charge in [-0.2, -0.15) is 10.4 Å². The molecule has 1 aromatic heterocycles. The number of hydrogen-bond acceptors (Lipinski definition) is 6. The van der Waals surface area contributed by atoms with E-state index in [1.807, 2.05) is 18.2 Å². The number of fused-ring (bicyclic) bond motifs is 1. The molecule has 7 nitrogen and oxygen atoms in total. The zero-order valence-corrected chi connectivity index (χ0v) is 21.6. The summed E-state index contributed by atoms with van der Waals surface area (Å²) in [5, 5.41) is 18.7. The van der Waals surface area contributed by atoms with Crippen LogP contribution in [-0.4, -0.2) is 56.1 Å². The van der Waals surface area contributed by atoms with Gasteiger partial charge in [0.05, 0.1) is 38.3 Å². The number of H-pyrrole nitrogens is 1. The lowest BCUT2D eigenvalue weighted by atomic mass is 9.75. The molecule has 0 spiro atoms. The second kappa shape index (κ2) is 11.2. The molecule has 0 aliphatic carbocycles. The van der Waals surface area contributed by atoms with E-state index in [9.17, 15) is 9.65 Å². The lowest BCUT2D eigenvalue weighted by Gasteiger charge is -2.33. The molecular formula is C28H35FN4O3. The van der Waals surface area contributed by atoms with Crippen molar-refractivity contribution in [2.45, 2.75) is 50.4 Å². The average molecular weight is 495 g/mol. The molecule has 0 amide bonds. The molecule has 1 fully saturated rings. The fraction of sp³-hybridized carbons (Fsp3) is 0.500. The summed E-state index contributed by atoms with van der Waals surface area (Å²) >= 11 is 0. The van der Waals surface area contributed by atoms with Crippen LogP contribution in [0, 0.1) is 17.1 Å². The van der Waals surface area contributed by atoms with Crippen LogP contribution in [0.2, 0.25) is 0 Å². The van der Waals surface area contributed by atoms with Gasteiger partial charge in [-0.25, -0.2) is 4.39 Å². The van der Waals surface area contributed by atoms with E-state index in [0.717, 1.165) is 62.0 Å². The second-order valence-corrected chi connectivity index (χ2v) is 9.48. The first-order valence-electron chi connectivity index (χ1n) is 12.6. The molecule has 192 valence electrons. The minimum atomic E-state index is -0.630. The van der Waals surface area contributed by atoms with Gasteiger partial charge in [0, 0.05) is 23.1 Å². The third kappa shape index (κ3) is 4.98. The normalized spacial score (nSPS) is 16.4. The highest BCUT2D eigenvalue weighted by Gasteiger charge is 2.33. The molecule has 1 aliphatic heterocycles. The van der Waals surface area contributed by atoms with E-state index in [-0.39, 0.29) is 5.82 Å². The number of halogens is 1. The van der Waals surface area contributed by atoms with Crippen LogP contribution in [0.15, 0.2) is 30.3 Å². The first-order chi connectivity index (χ1) is 17.5. The quantitative estimate of drug-likeness (QED) is 0.397. The van der Waals surface area contributed by atoms with E-state index >= 15 is 0 Å². The summed E-state index contributed by atoms with van der Waals surface area (Å²) in [5.74, 6) is 1.80. The monoisotopic (exact) mass is 494 g/mol. The number of hydrogen-bond donors (Lipinski definition) is 1. The van der Waals surface area contributed by atoms with Crippen molar-refractivity contribution in [1.29, 1.82) is 5.26 Å². The fourth-order valence-corrected chi connectivity index (χ4v) is 5.45. The number of nitriles is 1. The summed E-state index contributed by atoms with van der Waals surface area (Å²) in [6.45, 7) is 4.97. The molecule has 1 unspecified atom stereocenters. The lowest BCUT2D eigenvalue weighted by Crippen LogP contribution is -2.35.